The van der Waals surface area contributed by atoms with Crippen LogP contribution in [0.1, 0.15) is 33.1 Å². The molecule has 0 unspecified atom stereocenters. The molecule has 0 aromatic heterocycles. The topological polar surface area (TPSA) is 26.3 Å². The maximum absolute atomic E-state index is 11.6. The quantitative estimate of drug-likeness (QED) is 0.442. The molecule has 0 radical (unpaired) electrons. The number of unbranched alkanes of at least 4 members (excludes halogenated alkanes) is 1. The maximum Gasteiger partial charge on any atom is 0.335 e. The van der Waals surface area contributed by atoms with Crippen molar-refractivity contribution in [1.29, 1.82) is 0 Å². The van der Waals surface area contributed by atoms with Gasteiger partial charge in [0.05, 0.1) is 5.57 Å². The van der Waals surface area contributed by atoms with E-state index in [0.29, 0.717) is 0 Å². The van der Waals surface area contributed by atoms with E-state index in [0.717, 1.165) is 34.6 Å². The van der Waals surface area contributed by atoms with Crippen LogP contribution in [0.25, 0.3) is 0 Å². The van der Waals surface area contributed by atoms with Crippen LogP contribution >= 0.6 is 31.9 Å². The summed E-state index contributed by atoms with van der Waals surface area (Å²) in [6, 6.07) is 0. The highest BCUT2D eigenvalue weighted by atomic mass is 79.9. The number of rotatable bonds is 4. The number of alkyl halides is 1. The molecule has 0 bridgehead atoms. The first-order valence-corrected chi connectivity index (χ1v) is 7.16. The molecule has 1 saturated heterocycles. The minimum absolute atomic E-state index is 0.0549. The number of esters is 1. The molecule has 15 heavy (non-hydrogen) atoms. The molecule has 1 aliphatic heterocycles. The van der Waals surface area contributed by atoms with Crippen LogP contribution in [0.4, 0.5) is 0 Å². The summed E-state index contributed by atoms with van der Waals surface area (Å²) in [5, 5.41) is 0.783. The standard InChI is InChI=1S/C11H16Br2O2/c1-3-4-5-9-8(6-12)10(7(2)13)11(14)15-9/h8-9H,3-6H2,1-2H3/b10-7+/t8-,9+/m0/s1. The van der Waals surface area contributed by atoms with Gasteiger partial charge in [-0.2, -0.15) is 0 Å². The maximum atomic E-state index is 11.6. The Labute approximate surface area is 108 Å². The van der Waals surface area contributed by atoms with Crippen LogP contribution in [0.15, 0.2) is 10.1 Å². The highest BCUT2D eigenvalue weighted by molar-refractivity contribution is 9.11. The Kier molecular flexibility index (Phi) is 5.33. The largest absolute Gasteiger partial charge is 0.458 e. The van der Waals surface area contributed by atoms with Crippen LogP contribution in [0, 0.1) is 5.92 Å². The average molecular weight is 340 g/mol. The Bertz CT molecular complexity index is 270. The summed E-state index contributed by atoms with van der Waals surface area (Å²) >= 11 is 6.83. The van der Waals surface area contributed by atoms with Crippen LogP contribution in [0.2, 0.25) is 0 Å². The highest BCUT2D eigenvalue weighted by Crippen LogP contribution is 2.35. The second-order valence-corrected chi connectivity index (χ2v) is 5.63. The van der Waals surface area contributed by atoms with Crippen LogP contribution in [0.3, 0.4) is 0 Å². The van der Waals surface area contributed by atoms with Crippen molar-refractivity contribution in [3.8, 4) is 0 Å². The fourth-order valence-corrected chi connectivity index (χ4v) is 3.06. The number of hydrogen-bond acceptors (Lipinski definition) is 2. The SMILES string of the molecule is CCCC[C@H]1OC(=O)/C(=C(\C)Br)[C@H]1CBr. The molecule has 0 aromatic carbocycles. The van der Waals surface area contributed by atoms with Gasteiger partial charge in [0, 0.05) is 15.7 Å². The number of ether oxygens (including phenoxy) is 1. The summed E-state index contributed by atoms with van der Waals surface area (Å²) in [6.07, 6.45) is 3.26. The van der Waals surface area contributed by atoms with Crippen molar-refractivity contribution in [3.05, 3.63) is 10.1 Å². The van der Waals surface area contributed by atoms with Gasteiger partial charge in [0.15, 0.2) is 0 Å². The van der Waals surface area contributed by atoms with Crippen LogP contribution < -0.4 is 0 Å². The summed E-state index contributed by atoms with van der Waals surface area (Å²) in [4.78, 5) is 11.6. The number of allylic oxidation sites excluding steroid dienone is 1. The lowest BCUT2D eigenvalue weighted by Gasteiger charge is -2.15. The van der Waals surface area contributed by atoms with Gasteiger partial charge in [0.2, 0.25) is 0 Å². The van der Waals surface area contributed by atoms with Crippen molar-refractivity contribution < 1.29 is 9.53 Å². The van der Waals surface area contributed by atoms with E-state index >= 15 is 0 Å². The number of halogens is 2. The van der Waals surface area contributed by atoms with E-state index < -0.39 is 0 Å². The molecule has 0 spiro atoms. The molecule has 1 heterocycles. The number of carbonyl (C=O) groups excluding carboxylic acids is 1. The van der Waals surface area contributed by atoms with Crippen molar-refractivity contribution in [2.45, 2.75) is 39.2 Å². The molecule has 1 fully saturated rings. The van der Waals surface area contributed by atoms with Gasteiger partial charge >= 0.3 is 5.97 Å². The smallest absolute Gasteiger partial charge is 0.335 e. The third-order valence-electron chi connectivity index (χ3n) is 2.68. The van der Waals surface area contributed by atoms with Gasteiger partial charge in [0.1, 0.15) is 6.10 Å². The molecule has 0 amide bonds. The first-order chi connectivity index (χ1) is 7.11. The molecular weight excluding hydrogens is 324 g/mol. The fourth-order valence-electron chi connectivity index (χ4n) is 1.86. The predicted octanol–water partition coefficient (Wildman–Crippen LogP) is 3.78. The molecule has 0 aliphatic carbocycles. The fraction of sp³-hybridized carbons (Fsp3) is 0.727. The molecule has 86 valence electrons. The van der Waals surface area contributed by atoms with E-state index in [4.69, 9.17) is 4.74 Å². The van der Waals surface area contributed by atoms with Gasteiger partial charge in [0.25, 0.3) is 0 Å². The van der Waals surface area contributed by atoms with Crippen LogP contribution in [-0.2, 0) is 9.53 Å². The molecule has 2 atom stereocenters. The lowest BCUT2D eigenvalue weighted by atomic mass is 9.95. The molecule has 0 saturated carbocycles. The first kappa shape index (κ1) is 13.2. The third-order valence-corrected chi connectivity index (χ3v) is 3.80. The summed E-state index contributed by atoms with van der Waals surface area (Å²) < 4.78 is 6.28. The predicted molar refractivity (Wildman–Crippen MR) is 68.3 cm³/mol. The van der Waals surface area contributed by atoms with E-state index in [9.17, 15) is 4.79 Å². The zero-order chi connectivity index (χ0) is 11.4. The van der Waals surface area contributed by atoms with Gasteiger partial charge < -0.3 is 4.74 Å². The Morgan fingerprint density at radius 2 is 2.20 bits per heavy atom. The van der Waals surface area contributed by atoms with E-state index in [1.807, 2.05) is 6.92 Å². The second kappa shape index (κ2) is 6.04. The zero-order valence-electron chi connectivity index (χ0n) is 9.06. The van der Waals surface area contributed by atoms with Crippen molar-refractivity contribution in [2.24, 2.45) is 5.92 Å². The van der Waals surface area contributed by atoms with Gasteiger partial charge in [-0.25, -0.2) is 4.79 Å². The molecule has 0 N–H and O–H groups in total. The lowest BCUT2D eigenvalue weighted by molar-refractivity contribution is -0.139. The molecule has 1 rings (SSSR count). The minimum Gasteiger partial charge on any atom is -0.458 e. The molecule has 4 heteroatoms. The number of carbonyl (C=O) groups is 1. The Morgan fingerprint density at radius 1 is 1.53 bits per heavy atom. The average Bonchev–Trinajstić information content (AvgIpc) is 2.51. The molecule has 1 aliphatic rings. The Morgan fingerprint density at radius 3 is 2.67 bits per heavy atom. The van der Waals surface area contributed by atoms with Gasteiger partial charge in [-0.15, -0.1) is 0 Å². The second-order valence-electron chi connectivity index (χ2n) is 3.79. The summed E-state index contributed by atoms with van der Waals surface area (Å²) in [7, 11) is 0. The van der Waals surface area contributed by atoms with Crippen molar-refractivity contribution in [2.75, 3.05) is 5.33 Å². The summed E-state index contributed by atoms with van der Waals surface area (Å²) in [6.45, 7) is 4.04. The summed E-state index contributed by atoms with van der Waals surface area (Å²) in [5.74, 6) is 0.0401. The summed E-state index contributed by atoms with van der Waals surface area (Å²) in [5.41, 5.74) is 0.799. The minimum atomic E-state index is -0.157. The first-order valence-electron chi connectivity index (χ1n) is 5.25. The Balaban J connectivity index is 2.79. The van der Waals surface area contributed by atoms with E-state index in [2.05, 4.69) is 38.8 Å². The Hall–Kier alpha value is 0.170. The van der Waals surface area contributed by atoms with Gasteiger partial charge in [-0.3, -0.25) is 0 Å². The van der Waals surface area contributed by atoms with Crippen molar-refractivity contribution >= 4 is 37.8 Å². The normalized spacial score (nSPS) is 29.2. The van der Waals surface area contributed by atoms with E-state index in [1.54, 1.807) is 0 Å². The monoisotopic (exact) mass is 338 g/mol. The van der Waals surface area contributed by atoms with E-state index in [-0.39, 0.29) is 18.0 Å². The zero-order valence-corrected chi connectivity index (χ0v) is 12.2. The van der Waals surface area contributed by atoms with Crippen molar-refractivity contribution in [3.63, 3.8) is 0 Å². The van der Waals surface area contributed by atoms with Gasteiger partial charge in [-0.1, -0.05) is 51.6 Å². The van der Waals surface area contributed by atoms with Crippen LogP contribution in [0.5, 0.6) is 0 Å². The lowest BCUT2D eigenvalue weighted by Crippen LogP contribution is -2.18. The third kappa shape index (κ3) is 3.06. The van der Waals surface area contributed by atoms with Gasteiger partial charge in [-0.05, 0) is 13.3 Å². The number of hydrogen-bond donors (Lipinski definition) is 0. The molecule has 0 aromatic rings. The number of cyclic esters (lactones) is 1. The van der Waals surface area contributed by atoms with E-state index in [1.165, 1.54) is 0 Å². The molecule has 2 nitrogen and oxygen atoms in total. The highest BCUT2D eigenvalue weighted by Gasteiger charge is 2.39. The molecular formula is C11H16Br2O2. The van der Waals surface area contributed by atoms with Crippen molar-refractivity contribution in [1.82, 2.24) is 0 Å². The van der Waals surface area contributed by atoms with Crippen LogP contribution in [-0.4, -0.2) is 17.4 Å².